The largest absolute Gasteiger partial charge is 0.364 e. The second-order valence-corrected chi connectivity index (χ2v) is 19.3. The number of rotatable bonds is 7. The minimum atomic E-state index is -3.21. The predicted molar refractivity (Wildman–Crippen MR) is 226 cm³/mol. The average Bonchev–Trinajstić information content (AvgIpc) is 3.56. The van der Waals surface area contributed by atoms with Crippen molar-refractivity contribution in [3.8, 4) is 28.3 Å². The SMILES string of the molecule is Cn1cc2c(c1C#N)CCN(c1ccc(F)cc1)c1ccc(CS(C)(=O)=O)cc1-2.Cn1cc2c(c1C(N)=O)CCN(c1ccc(F)cc1)c1ccc(CS(C)(=O)=O)cc1-2. The number of nitrogens with two attached hydrogens (primary N) is 1. The van der Waals surface area contributed by atoms with Gasteiger partial charge in [0.15, 0.2) is 19.7 Å². The fourth-order valence-electron chi connectivity index (χ4n) is 8.11. The van der Waals surface area contributed by atoms with Crippen LogP contribution in [0.2, 0.25) is 0 Å². The van der Waals surface area contributed by atoms with E-state index in [1.807, 2.05) is 59.2 Å². The summed E-state index contributed by atoms with van der Waals surface area (Å²) in [4.78, 5) is 16.2. The molecule has 4 aromatic carbocycles. The van der Waals surface area contributed by atoms with E-state index in [4.69, 9.17) is 5.73 Å². The summed E-state index contributed by atoms with van der Waals surface area (Å²) in [7, 11) is -2.78. The Kier molecular flexibility index (Phi) is 11.0. The summed E-state index contributed by atoms with van der Waals surface area (Å²) in [5, 5.41) is 9.62. The number of carbonyl (C=O) groups is 1. The van der Waals surface area contributed by atoms with Crippen LogP contribution in [0.3, 0.4) is 0 Å². The Labute approximate surface area is 342 Å². The molecule has 0 aliphatic carbocycles. The van der Waals surface area contributed by atoms with Gasteiger partial charge in [-0.05, 0) is 108 Å². The lowest BCUT2D eigenvalue weighted by molar-refractivity contribution is 0.0991. The minimum Gasteiger partial charge on any atom is -0.364 e. The third-order valence-electron chi connectivity index (χ3n) is 10.5. The molecule has 304 valence electrons. The van der Waals surface area contributed by atoms with Gasteiger partial charge in [0.05, 0.1) is 11.5 Å². The van der Waals surface area contributed by atoms with Crippen LogP contribution >= 0.6 is 0 Å². The standard InChI is InChI=1S/C22H22FN3O3S.C22H20FN3O2S/c1-25-12-19-17(21(25)22(24)27)9-10-26(16-6-4-15(23)5-7-16)20-8-3-14(11-18(19)20)13-30(2,28)29;1-25-13-20-18(22(25)12-24)9-10-26(17-6-4-16(23)5-7-17)21-8-3-15(11-19(20)21)14-29(2,27)28/h3-8,11-12H,9-10,13H2,1-2H3,(H2,24,27);3-8,11,13H,9-10,14H2,1-2H3. The Morgan fingerprint density at radius 3 is 1.51 bits per heavy atom. The number of halogens is 2. The van der Waals surface area contributed by atoms with Crippen molar-refractivity contribution in [3.63, 3.8) is 0 Å². The summed E-state index contributed by atoms with van der Waals surface area (Å²) < 4.78 is 77.7. The number of fused-ring (bicyclic) bond motifs is 6. The lowest BCUT2D eigenvalue weighted by Crippen LogP contribution is -2.21. The maximum absolute atomic E-state index is 13.5. The normalized spacial score (nSPS) is 13.4. The summed E-state index contributed by atoms with van der Waals surface area (Å²) in [5.41, 5.74) is 16.7. The predicted octanol–water partition coefficient (Wildman–Crippen LogP) is 7.11. The van der Waals surface area contributed by atoms with Crippen molar-refractivity contribution >= 4 is 48.3 Å². The van der Waals surface area contributed by atoms with E-state index in [2.05, 4.69) is 11.0 Å². The number of carbonyl (C=O) groups excluding carboxylic acids is 1. The van der Waals surface area contributed by atoms with Crippen molar-refractivity contribution in [2.75, 3.05) is 35.4 Å². The van der Waals surface area contributed by atoms with Crippen LogP contribution in [-0.4, -0.2) is 57.5 Å². The summed E-state index contributed by atoms with van der Waals surface area (Å²) in [6.07, 6.45) is 7.39. The molecule has 0 fully saturated rings. The van der Waals surface area contributed by atoms with Gasteiger partial charge in [-0.2, -0.15) is 5.26 Å². The van der Waals surface area contributed by atoms with E-state index in [0.29, 0.717) is 48.4 Å². The molecule has 0 unspecified atom stereocenters. The molecule has 0 spiro atoms. The monoisotopic (exact) mass is 836 g/mol. The van der Waals surface area contributed by atoms with Crippen LogP contribution in [0, 0.1) is 23.0 Å². The molecule has 2 N–H and O–H groups in total. The first kappa shape index (κ1) is 40.9. The van der Waals surface area contributed by atoms with Crippen molar-refractivity contribution in [1.29, 1.82) is 5.26 Å². The van der Waals surface area contributed by atoms with Gasteiger partial charge in [0.1, 0.15) is 29.1 Å². The first-order chi connectivity index (χ1) is 27.9. The Balaban J connectivity index is 0.000000179. The molecular formula is C44H42F2N6O5S2. The molecule has 0 saturated carbocycles. The van der Waals surface area contributed by atoms with Crippen LogP contribution in [0.5, 0.6) is 0 Å². The Morgan fingerprint density at radius 1 is 0.661 bits per heavy atom. The molecule has 4 heterocycles. The summed E-state index contributed by atoms with van der Waals surface area (Å²) in [6.45, 7) is 1.18. The zero-order chi connectivity index (χ0) is 42.4. The highest BCUT2D eigenvalue weighted by Gasteiger charge is 2.28. The molecule has 15 heteroatoms. The second-order valence-electron chi connectivity index (χ2n) is 15.0. The molecule has 1 amide bonds. The fraction of sp³-hybridized carbons (Fsp3) is 0.227. The van der Waals surface area contributed by atoms with Crippen LogP contribution in [-0.2, 0) is 58.1 Å². The van der Waals surface area contributed by atoms with Crippen molar-refractivity contribution in [1.82, 2.24) is 9.13 Å². The number of anilines is 4. The maximum atomic E-state index is 13.5. The van der Waals surface area contributed by atoms with E-state index in [1.165, 1.54) is 36.8 Å². The molecule has 11 nitrogen and oxygen atoms in total. The molecule has 6 aromatic rings. The number of hydrogen-bond acceptors (Lipinski definition) is 8. The number of nitrogens with zero attached hydrogens (tertiary/aromatic N) is 5. The van der Waals surface area contributed by atoms with E-state index in [-0.39, 0.29) is 23.1 Å². The van der Waals surface area contributed by atoms with Crippen LogP contribution in [0.25, 0.3) is 22.3 Å². The van der Waals surface area contributed by atoms with E-state index in [0.717, 1.165) is 56.1 Å². The molecule has 59 heavy (non-hydrogen) atoms. The van der Waals surface area contributed by atoms with Crippen LogP contribution < -0.4 is 15.5 Å². The van der Waals surface area contributed by atoms with Gasteiger partial charge >= 0.3 is 0 Å². The minimum absolute atomic E-state index is 0.0515. The number of aromatic nitrogens is 2. The number of benzene rings is 4. The molecule has 2 aliphatic rings. The lowest BCUT2D eigenvalue weighted by atomic mass is 9.99. The van der Waals surface area contributed by atoms with Gasteiger partial charge in [0.25, 0.3) is 5.91 Å². The molecule has 8 rings (SSSR count). The quantitative estimate of drug-likeness (QED) is 0.179. The van der Waals surface area contributed by atoms with Gasteiger partial charge < -0.3 is 24.7 Å². The molecule has 2 aromatic heterocycles. The Morgan fingerprint density at radius 2 is 1.08 bits per heavy atom. The number of aryl methyl sites for hydroxylation is 2. The molecule has 0 bridgehead atoms. The van der Waals surface area contributed by atoms with Crippen molar-refractivity contribution < 1.29 is 30.4 Å². The average molecular weight is 837 g/mol. The Bertz CT molecular complexity index is 2880. The van der Waals surface area contributed by atoms with Crippen molar-refractivity contribution in [2.24, 2.45) is 19.8 Å². The molecular weight excluding hydrogens is 795 g/mol. The van der Waals surface area contributed by atoms with Gasteiger partial charge in [-0.1, -0.05) is 12.1 Å². The molecule has 2 aliphatic heterocycles. The number of hydrogen-bond donors (Lipinski definition) is 1. The van der Waals surface area contributed by atoms with Gasteiger partial charge in [0, 0.05) is 97.1 Å². The summed E-state index contributed by atoms with van der Waals surface area (Å²) >= 11 is 0. The number of nitriles is 1. The van der Waals surface area contributed by atoms with Crippen LogP contribution in [0.1, 0.15) is 38.4 Å². The first-order valence-electron chi connectivity index (χ1n) is 18.7. The van der Waals surface area contributed by atoms with E-state index >= 15 is 0 Å². The smallest absolute Gasteiger partial charge is 0.265 e. The van der Waals surface area contributed by atoms with E-state index in [1.54, 1.807) is 41.9 Å². The molecule has 0 saturated heterocycles. The zero-order valence-electron chi connectivity index (χ0n) is 32.9. The third-order valence-corrected chi connectivity index (χ3v) is 12.2. The van der Waals surface area contributed by atoms with Gasteiger partial charge in [-0.25, -0.2) is 25.6 Å². The first-order valence-corrected chi connectivity index (χ1v) is 22.8. The fourth-order valence-corrected chi connectivity index (χ4v) is 9.68. The number of primary amides is 1. The zero-order valence-corrected chi connectivity index (χ0v) is 34.5. The number of sulfone groups is 2. The number of amides is 1. The van der Waals surface area contributed by atoms with Gasteiger partial charge in [-0.3, -0.25) is 4.79 Å². The highest BCUT2D eigenvalue weighted by molar-refractivity contribution is 7.90. The van der Waals surface area contributed by atoms with Crippen LogP contribution in [0.4, 0.5) is 31.5 Å². The highest BCUT2D eigenvalue weighted by Crippen LogP contribution is 2.44. The lowest BCUT2D eigenvalue weighted by Gasteiger charge is -2.26. The van der Waals surface area contributed by atoms with E-state index < -0.39 is 25.6 Å². The molecule has 0 radical (unpaired) electrons. The van der Waals surface area contributed by atoms with Crippen LogP contribution in [0.15, 0.2) is 97.3 Å². The van der Waals surface area contributed by atoms with Crippen molar-refractivity contribution in [2.45, 2.75) is 24.3 Å². The van der Waals surface area contributed by atoms with Gasteiger partial charge in [0.2, 0.25) is 0 Å². The topological polar surface area (TPSA) is 152 Å². The summed E-state index contributed by atoms with van der Waals surface area (Å²) in [6, 6.07) is 25.9. The molecule has 0 atom stereocenters. The maximum Gasteiger partial charge on any atom is 0.265 e. The Hall–Kier alpha value is -6.24. The third kappa shape index (κ3) is 8.64. The van der Waals surface area contributed by atoms with Crippen molar-refractivity contribution in [3.05, 3.63) is 143 Å². The highest BCUT2D eigenvalue weighted by atomic mass is 32.2. The second kappa shape index (κ2) is 15.8. The van der Waals surface area contributed by atoms with E-state index in [9.17, 15) is 35.7 Å². The summed E-state index contributed by atoms with van der Waals surface area (Å²) in [5.74, 6) is -1.27. The van der Waals surface area contributed by atoms with Gasteiger partial charge in [-0.15, -0.1) is 0 Å².